The van der Waals surface area contributed by atoms with Crippen molar-refractivity contribution in [2.24, 2.45) is 0 Å². The van der Waals surface area contributed by atoms with Crippen molar-refractivity contribution in [3.63, 3.8) is 0 Å². The Morgan fingerprint density at radius 1 is 1.08 bits per heavy atom. The van der Waals surface area contributed by atoms with Crippen molar-refractivity contribution in [1.82, 2.24) is 5.32 Å². The highest BCUT2D eigenvalue weighted by Gasteiger charge is 2.14. The van der Waals surface area contributed by atoms with Crippen LogP contribution in [-0.4, -0.2) is 24.9 Å². The van der Waals surface area contributed by atoms with E-state index < -0.39 is 0 Å². The zero-order valence-corrected chi connectivity index (χ0v) is 15.0. The predicted octanol–water partition coefficient (Wildman–Crippen LogP) is 4.08. The summed E-state index contributed by atoms with van der Waals surface area (Å²) in [5.41, 5.74) is 2.17. The second kappa shape index (κ2) is 8.18. The molecule has 2 rings (SSSR count). The van der Waals surface area contributed by atoms with Gasteiger partial charge >= 0.3 is 0 Å². The summed E-state index contributed by atoms with van der Waals surface area (Å²) in [4.78, 5) is 25.6. The summed E-state index contributed by atoms with van der Waals surface area (Å²) in [5, 5.41) is 3.64. The van der Waals surface area contributed by atoms with Gasteiger partial charge in [-0.05, 0) is 36.8 Å². The maximum atomic E-state index is 12.2. The van der Waals surface area contributed by atoms with Gasteiger partial charge in [-0.25, -0.2) is 0 Å². The largest absolute Gasteiger partial charge is 0.350 e. The van der Waals surface area contributed by atoms with Gasteiger partial charge in [0.2, 0.25) is 5.91 Å². The molecule has 2 aromatic rings. The molecule has 6 heteroatoms. The Morgan fingerprint density at radius 2 is 1.79 bits per heavy atom. The fraction of sp³-hybridized carbons (Fsp3) is 0.222. The highest BCUT2D eigenvalue weighted by Crippen LogP contribution is 2.27. The summed E-state index contributed by atoms with van der Waals surface area (Å²) in [6.07, 6.45) is 0. The van der Waals surface area contributed by atoms with Gasteiger partial charge in [0.25, 0.3) is 5.91 Å². The molecule has 0 unspecified atom stereocenters. The molecule has 0 fully saturated rings. The number of halogens is 2. The van der Waals surface area contributed by atoms with Crippen molar-refractivity contribution in [3.8, 4) is 0 Å². The first-order chi connectivity index (χ1) is 11.4. The van der Waals surface area contributed by atoms with Crippen molar-refractivity contribution in [2.75, 3.05) is 18.0 Å². The number of hydrogen-bond acceptors (Lipinski definition) is 2. The molecular formula is C18H18Cl2N2O2. The van der Waals surface area contributed by atoms with Crippen LogP contribution in [0.1, 0.15) is 22.8 Å². The Bertz CT molecular complexity index is 762. The molecule has 0 radical (unpaired) electrons. The van der Waals surface area contributed by atoms with Gasteiger partial charge in [-0.15, -0.1) is 0 Å². The minimum atomic E-state index is -0.161. The van der Waals surface area contributed by atoms with Crippen LogP contribution in [0.25, 0.3) is 0 Å². The summed E-state index contributed by atoms with van der Waals surface area (Å²) in [6.45, 7) is 4.01. The third kappa shape index (κ3) is 4.49. The summed E-state index contributed by atoms with van der Waals surface area (Å²) in [7, 11) is 0. The molecule has 0 aliphatic rings. The second-order valence-corrected chi connectivity index (χ2v) is 6.15. The molecule has 0 atom stereocenters. The topological polar surface area (TPSA) is 49.4 Å². The number of hydrogen-bond donors (Lipinski definition) is 1. The Hall–Kier alpha value is -2.04. The van der Waals surface area contributed by atoms with E-state index in [1.54, 1.807) is 29.2 Å². The summed E-state index contributed by atoms with van der Waals surface area (Å²) < 4.78 is 0. The first-order valence-electron chi connectivity index (χ1n) is 7.47. The molecule has 126 valence electrons. The second-order valence-electron chi connectivity index (χ2n) is 5.34. The molecule has 0 spiro atoms. The fourth-order valence-corrected chi connectivity index (χ4v) is 2.62. The molecule has 0 heterocycles. The molecule has 0 saturated heterocycles. The fourth-order valence-electron chi connectivity index (χ4n) is 2.33. The minimum absolute atomic E-state index is 0.140. The smallest absolute Gasteiger partial charge is 0.251 e. The van der Waals surface area contributed by atoms with Gasteiger partial charge in [0, 0.05) is 31.3 Å². The number of nitrogens with zero attached hydrogens (tertiary/aromatic N) is 1. The number of anilines is 1. The Kier molecular flexibility index (Phi) is 6.23. The molecule has 0 aliphatic heterocycles. The Morgan fingerprint density at radius 3 is 2.42 bits per heavy atom. The van der Waals surface area contributed by atoms with E-state index >= 15 is 0 Å². The van der Waals surface area contributed by atoms with Crippen LogP contribution in [0, 0.1) is 6.92 Å². The average Bonchev–Trinajstić information content (AvgIpc) is 2.54. The summed E-state index contributed by atoms with van der Waals surface area (Å²) >= 11 is 11.9. The van der Waals surface area contributed by atoms with Crippen molar-refractivity contribution < 1.29 is 9.59 Å². The zero-order valence-electron chi connectivity index (χ0n) is 13.5. The number of benzene rings is 2. The summed E-state index contributed by atoms with van der Waals surface area (Å²) in [6, 6.07) is 12.3. The summed E-state index contributed by atoms with van der Waals surface area (Å²) in [5.74, 6) is -0.302. The monoisotopic (exact) mass is 364 g/mol. The van der Waals surface area contributed by atoms with Gasteiger partial charge in [0.1, 0.15) is 0 Å². The lowest BCUT2D eigenvalue weighted by atomic mass is 10.1. The highest BCUT2D eigenvalue weighted by molar-refractivity contribution is 6.42. The molecule has 1 N–H and O–H groups in total. The van der Waals surface area contributed by atoms with Gasteiger partial charge < -0.3 is 10.2 Å². The number of aryl methyl sites for hydroxylation is 1. The van der Waals surface area contributed by atoms with Crippen molar-refractivity contribution in [2.45, 2.75) is 13.8 Å². The van der Waals surface area contributed by atoms with E-state index in [1.807, 2.05) is 25.1 Å². The van der Waals surface area contributed by atoms with E-state index in [2.05, 4.69) is 5.32 Å². The van der Waals surface area contributed by atoms with Gasteiger partial charge in [-0.2, -0.15) is 0 Å². The number of amides is 2. The molecule has 2 amide bonds. The lowest BCUT2D eigenvalue weighted by molar-refractivity contribution is -0.116. The maximum Gasteiger partial charge on any atom is 0.251 e. The normalized spacial score (nSPS) is 10.3. The zero-order chi connectivity index (χ0) is 17.7. The molecule has 0 aliphatic carbocycles. The SMILES string of the molecule is CC(=O)N(CCNC(=O)c1ccccc1C)c1ccc(Cl)c(Cl)c1. The van der Waals surface area contributed by atoms with Crippen molar-refractivity contribution in [3.05, 3.63) is 63.6 Å². The molecule has 4 nitrogen and oxygen atoms in total. The van der Waals surface area contributed by atoms with E-state index in [-0.39, 0.29) is 11.8 Å². The van der Waals surface area contributed by atoms with E-state index in [1.165, 1.54) is 6.92 Å². The van der Waals surface area contributed by atoms with Crippen molar-refractivity contribution in [1.29, 1.82) is 0 Å². The van der Waals surface area contributed by atoms with E-state index in [0.29, 0.717) is 34.4 Å². The number of carbonyl (C=O) groups excluding carboxylic acids is 2. The van der Waals surface area contributed by atoms with Gasteiger partial charge in [0.15, 0.2) is 0 Å². The molecular weight excluding hydrogens is 347 g/mol. The van der Waals surface area contributed by atoms with Gasteiger partial charge in [0.05, 0.1) is 10.0 Å². The number of rotatable bonds is 5. The Labute approximate surface area is 151 Å². The van der Waals surface area contributed by atoms with E-state index in [4.69, 9.17) is 23.2 Å². The molecule has 0 bridgehead atoms. The third-order valence-corrected chi connectivity index (χ3v) is 4.34. The third-order valence-electron chi connectivity index (χ3n) is 3.61. The van der Waals surface area contributed by atoms with Crippen molar-refractivity contribution >= 4 is 40.7 Å². The first kappa shape index (κ1) is 18.3. The van der Waals surface area contributed by atoms with E-state index in [9.17, 15) is 9.59 Å². The molecule has 2 aromatic carbocycles. The van der Waals surface area contributed by atoms with Crippen LogP contribution in [0.5, 0.6) is 0 Å². The van der Waals surface area contributed by atoms with Gasteiger partial charge in [-0.3, -0.25) is 9.59 Å². The van der Waals surface area contributed by atoms with Crippen LogP contribution in [0.2, 0.25) is 10.0 Å². The standard InChI is InChI=1S/C18H18Cl2N2O2/c1-12-5-3-4-6-15(12)18(24)21-9-10-22(13(2)23)14-7-8-16(19)17(20)11-14/h3-8,11H,9-10H2,1-2H3,(H,21,24). The van der Waals surface area contributed by atoms with Crippen LogP contribution >= 0.6 is 23.2 Å². The first-order valence-corrected chi connectivity index (χ1v) is 8.22. The Balaban J connectivity index is 2.02. The highest BCUT2D eigenvalue weighted by atomic mass is 35.5. The maximum absolute atomic E-state index is 12.2. The number of carbonyl (C=O) groups is 2. The molecule has 24 heavy (non-hydrogen) atoms. The molecule has 0 saturated carbocycles. The quantitative estimate of drug-likeness (QED) is 0.868. The van der Waals surface area contributed by atoms with Crippen LogP contribution in [-0.2, 0) is 4.79 Å². The van der Waals surface area contributed by atoms with Crippen LogP contribution in [0.4, 0.5) is 5.69 Å². The molecule has 0 aromatic heterocycles. The number of nitrogens with one attached hydrogen (secondary N) is 1. The van der Waals surface area contributed by atoms with Crippen LogP contribution in [0.3, 0.4) is 0 Å². The lowest BCUT2D eigenvalue weighted by Gasteiger charge is -2.22. The average molecular weight is 365 g/mol. The lowest BCUT2D eigenvalue weighted by Crippen LogP contribution is -2.37. The van der Waals surface area contributed by atoms with E-state index in [0.717, 1.165) is 5.56 Å². The predicted molar refractivity (Wildman–Crippen MR) is 98.0 cm³/mol. The van der Waals surface area contributed by atoms with Gasteiger partial charge in [-0.1, -0.05) is 41.4 Å². The van der Waals surface area contributed by atoms with Crippen LogP contribution < -0.4 is 10.2 Å². The van der Waals surface area contributed by atoms with Crippen LogP contribution in [0.15, 0.2) is 42.5 Å². The minimum Gasteiger partial charge on any atom is -0.350 e.